The van der Waals surface area contributed by atoms with Gasteiger partial charge in [0.25, 0.3) is 0 Å². The summed E-state index contributed by atoms with van der Waals surface area (Å²) in [4.78, 5) is 3.81. The van der Waals surface area contributed by atoms with Crippen molar-refractivity contribution in [1.82, 2.24) is 9.29 Å². The van der Waals surface area contributed by atoms with E-state index in [4.69, 9.17) is 11.6 Å². The molecular weight excluding hydrogens is 365 g/mol. The standard InChI is InChI=1S/C15H14ClF3N2O2S/c16-14-3-1-12(2-4-14)9-21(10-13-5-7-20-8-6-13)24(22,23)11-15(17,18)19/h1-8H,9-11H2. The van der Waals surface area contributed by atoms with E-state index in [1.54, 1.807) is 36.4 Å². The van der Waals surface area contributed by atoms with Crippen LogP contribution in [0.3, 0.4) is 0 Å². The van der Waals surface area contributed by atoms with Crippen LogP contribution in [0.2, 0.25) is 5.02 Å². The highest BCUT2D eigenvalue weighted by Crippen LogP contribution is 2.23. The first-order valence-electron chi connectivity index (χ1n) is 6.84. The molecule has 0 radical (unpaired) electrons. The van der Waals surface area contributed by atoms with Gasteiger partial charge in [-0.2, -0.15) is 17.5 Å². The molecule has 1 aromatic carbocycles. The van der Waals surface area contributed by atoms with Crippen LogP contribution in [0.1, 0.15) is 11.1 Å². The maximum atomic E-state index is 12.6. The third-order valence-electron chi connectivity index (χ3n) is 3.12. The Morgan fingerprint density at radius 2 is 1.46 bits per heavy atom. The minimum atomic E-state index is -4.81. The number of alkyl halides is 3. The predicted octanol–water partition coefficient (Wildman–Crippen LogP) is 3.63. The van der Waals surface area contributed by atoms with Gasteiger partial charge in [0, 0.05) is 30.5 Å². The summed E-state index contributed by atoms with van der Waals surface area (Å²) < 4.78 is 63.0. The van der Waals surface area contributed by atoms with Gasteiger partial charge in [-0.25, -0.2) is 8.42 Å². The number of pyridine rings is 1. The summed E-state index contributed by atoms with van der Waals surface area (Å²) in [6.07, 6.45) is -1.91. The SMILES string of the molecule is O=S(=O)(CC(F)(F)F)N(Cc1ccncc1)Cc1ccc(Cl)cc1. The molecule has 0 aliphatic carbocycles. The fourth-order valence-electron chi connectivity index (χ4n) is 2.04. The van der Waals surface area contributed by atoms with Crippen LogP contribution in [0.15, 0.2) is 48.8 Å². The molecule has 2 aromatic rings. The van der Waals surface area contributed by atoms with E-state index in [-0.39, 0.29) is 13.1 Å². The molecule has 9 heteroatoms. The minimum absolute atomic E-state index is 0.177. The van der Waals surface area contributed by atoms with Crippen molar-refractivity contribution >= 4 is 21.6 Å². The lowest BCUT2D eigenvalue weighted by molar-refractivity contribution is -0.107. The third-order valence-corrected chi connectivity index (χ3v) is 5.11. The number of halogens is 4. The van der Waals surface area contributed by atoms with E-state index in [2.05, 4.69) is 4.98 Å². The van der Waals surface area contributed by atoms with Gasteiger partial charge in [0.2, 0.25) is 10.0 Å². The van der Waals surface area contributed by atoms with E-state index < -0.39 is 22.0 Å². The van der Waals surface area contributed by atoms with Gasteiger partial charge in [-0.1, -0.05) is 23.7 Å². The summed E-state index contributed by atoms with van der Waals surface area (Å²) in [5, 5.41) is 0.456. The Hall–Kier alpha value is -1.64. The fourth-order valence-corrected chi connectivity index (χ4v) is 3.45. The molecule has 1 aromatic heterocycles. The number of benzene rings is 1. The van der Waals surface area contributed by atoms with Crippen molar-refractivity contribution in [2.75, 3.05) is 5.75 Å². The van der Waals surface area contributed by atoms with Gasteiger partial charge < -0.3 is 0 Å². The van der Waals surface area contributed by atoms with Crippen LogP contribution in [-0.4, -0.2) is 29.6 Å². The summed E-state index contributed by atoms with van der Waals surface area (Å²) >= 11 is 5.77. The second-order valence-corrected chi connectivity index (χ2v) is 7.53. The highest BCUT2D eigenvalue weighted by Gasteiger charge is 2.38. The molecule has 1 heterocycles. The molecule has 2 rings (SSSR count). The zero-order valence-electron chi connectivity index (χ0n) is 12.4. The number of hydrogen-bond donors (Lipinski definition) is 0. The Morgan fingerprint density at radius 1 is 0.958 bits per heavy atom. The van der Waals surface area contributed by atoms with Crippen molar-refractivity contribution < 1.29 is 21.6 Å². The Morgan fingerprint density at radius 3 is 1.96 bits per heavy atom. The van der Waals surface area contributed by atoms with Crippen LogP contribution < -0.4 is 0 Å². The molecule has 0 N–H and O–H groups in total. The average Bonchev–Trinajstić information content (AvgIpc) is 2.47. The predicted molar refractivity (Wildman–Crippen MR) is 84.8 cm³/mol. The number of sulfonamides is 1. The molecule has 0 amide bonds. The molecule has 0 unspecified atom stereocenters. The number of aromatic nitrogens is 1. The van der Waals surface area contributed by atoms with Gasteiger partial charge >= 0.3 is 6.18 Å². The molecule has 130 valence electrons. The first-order chi connectivity index (χ1) is 11.2. The van der Waals surface area contributed by atoms with Crippen molar-refractivity contribution in [3.63, 3.8) is 0 Å². The van der Waals surface area contributed by atoms with Gasteiger partial charge in [-0.05, 0) is 35.4 Å². The zero-order chi connectivity index (χ0) is 17.8. The van der Waals surface area contributed by atoms with Crippen molar-refractivity contribution in [3.05, 3.63) is 64.9 Å². The lowest BCUT2D eigenvalue weighted by Gasteiger charge is -2.23. The number of nitrogens with zero attached hydrogens (tertiary/aromatic N) is 2. The highest BCUT2D eigenvalue weighted by atomic mass is 35.5. The van der Waals surface area contributed by atoms with E-state index in [0.29, 0.717) is 16.1 Å². The Labute approximate surface area is 142 Å². The average molecular weight is 379 g/mol. The molecule has 0 bridgehead atoms. The highest BCUT2D eigenvalue weighted by molar-refractivity contribution is 7.89. The lowest BCUT2D eigenvalue weighted by atomic mass is 10.2. The van der Waals surface area contributed by atoms with E-state index in [1.165, 1.54) is 12.4 Å². The van der Waals surface area contributed by atoms with Gasteiger partial charge in [-0.15, -0.1) is 0 Å². The minimum Gasteiger partial charge on any atom is -0.265 e. The third kappa shape index (κ3) is 5.77. The molecule has 24 heavy (non-hydrogen) atoms. The van der Waals surface area contributed by atoms with Crippen LogP contribution >= 0.6 is 11.6 Å². The molecule has 0 aliphatic heterocycles. The molecule has 4 nitrogen and oxygen atoms in total. The summed E-state index contributed by atoms with van der Waals surface area (Å²) in [7, 11) is -4.53. The number of hydrogen-bond acceptors (Lipinski definition) is 3. The van der Waals surface area contributed by atoms with Crippen LogP contribution in [0.5, 0.6) is 0 Å². The second kappa shape index (κ2) is 7.50. The summed E-state index contributed by atoms with van der Waals surface area (Å²) in [6, 6.07) is 9.36. The van der Waals surface area contributed by atoms with Crippen LogP contribution in [0.4, 0.5) is 13.2 Å². The van der Waals surface area contributed by atoms with Crippen molar-refractivity contribution in [3.8, 4) is 0 Å². The van der Waals surface area contributed by atoms with Crippen molar-refractivity contribution in [2.45, 2.75) is 19.3 Å². The van der Waals surface area contributed by atoms with Crippen LogP contribution in [-0.2, 0) is 23.1 Å². The van der Waals surface area contributed by atoms with Crippen LogP contribution in [0.25, 0.3) is 0 Å². The van der Waals surface area contributed by atoms with Gasteiger partial charge in [0.1, 0.15) is 0 Å². The maximum absolute atomic E-state index is 12.6. The van der Waals surface area contributed by atoms with Gasteiger partial charge in [0.05, 0.1) is 0 Å². The molecule has 0 saturated carbocycles. The summed E-state index contributed by atoms with van der Waals surface area (Å²) in [6.45, 7) is -0.360. The van der Waals surface area contributed by atoms with E-state index >= 15 is 0 Å². The Balaban J connectivity index is 2.28. The van der Waals surface area contributed by atoms with E-state index in [1.807, 2.05) is 0 Å². The first-order valence-corrected chi connectivity index (χ1v) is 8.82. The smallest absolute Gasteiger partial charge is 0.265 e. The second-order valence-electron chi connectivity index (χ2n) is 5.12. The zero-order valence-corrected chi connectivity index (χ0v) is 13.9. The Bertz CT molecular complexity index is 766. The fraction of sp³-hybridized carbons (Fsp3) is 0.267. The van der Waals surface area contributed by atoms with E-state index in [0.717, 1.165) is 4.31 Å². The molecule has 0 fully saturated rings. The monoisotopic (exact) mass is 378 g/mol. The Kier molecular flexibility index (Phi) is 5.84. The molecule has 0 atom stereocenters. The largest absolute Gasteiger partial charge is 0.404 e. The summed E-state index contributed by atoms with van der Waals surface area (Å²) in [5.74, 6) is -1.90. The molecular formula is C15H14ClF3N2O2S. The van der Waals surface area contributed by atoms with Gasteiger partial charge in [0.15, 0.2) is 5.75 Å². The number of rotatable bonds is 6. The lowest BCUT2D eigenvalue weighted by Crippen LogP contribution is -2.37. The normalized spacial score (nSPS) is 12.5. The molecule has 0 aliphatic rings. The van der Waals surface area contributed by atoms with Crippen LogP contribution in [0, 0.1) is 0 Å². The quantitative estimate of drug-likeness (QED) is 0.771. The van der Waals surface area contributed by atoms with Crippen molar-refractivity contribution in [1.29, 1.82) is 0 Å². The van der Waals surface area contributed by atoms with Crippen molar-refractivity contribution in [2.24, 2.45) is 0 Å². The molecule has 0 spiro atoms. The first kappa shape index (κ1) is 18.7. The summed E-state index contributed by atoms with van der Waals surface area (Å²) in [5.41, 5.74) is 1.09. The maximum Gasteiger partial charge on any atom is 0.404 e. The van der Waals surface area contributed by atoms with E-state index in [9.17, 15) is 21.6 Å². The van der Waals surface area contributed by atoms with Gasteiger partial charge in [-0.3, -0.25) is 4.98 Å². The molecule has 0 saturated heterocycles. The topological polar surface area (TPSA) is 50.3 Å².